The number of aromatic nitrogens is 1. The zero-order chi connectivity index (χ0) is 23.6. The van der Waals surface area contributed by atoms with Crippen LogP contribution in [0.5, 0.6) is 0 Å². The number of halogens is 1. The third kappa shape index (κ3) is 5.11. The molecule has 2 aromatic carbocycles. The Morgan fingerprint density at radius 1 is 1.03 bits per heavy atom. The monoisotopic (exact) mass is 485 g/mol. The van der Waals surface area contributed by atoms with E-state index in [9.17, 15) is 13.2 Å². The van der Waals surface area contributed by atoms with Crippen LogP contribution in [0.15, 0.2) is 71.9 Å². The summed E-state index contributed by atoms with van der Waals surface area (Å²) in [6.45, 7) is 3.57. The van der Waals surface area contributed by atoms with Gasteiger partial charge in [0.05, 0.1) is 10.6 Å². The molecule has 1 saturated heterocycles. The Morgan fingerprint density at radius 2 is 1.67 bits per heavy atom. The minimum Gasteiger partial charge on any atom is -0.381 e. The SMILES string of the molecule is C[n+]1ccc(C(=O)c2cc(Cl)ccc2NS(=O)(=O)c2ccc(C3(C)CCOCC3)cc2)cc1. The average Bonchev–Trinajstić information content (AvgIpc) is 2.81. The molecule has 1 aromatic heterocycles. The number of sulfonamides is 1. The number of nitrogens with one attached hydrogen (secondary N) is 1. The lowest BCUT2D eigenvalue weighted by Crippen LogP contribution is -2.30. The quantitative estimate of drug-likeness (QED) is 0.418. The van der Waals surface area contributed by atoms with Crippen LogP contribution in [0, 0.1) is 0 Å². The van der Waals surface area contributed by atoms with Gasteiger partial charge in [0.15, 0.2) is 18.2 Å². The number of benzene rings is 2. The van der Waals surface area contributed by atoms with Crippen molar-refractivity contribution in [2.45, 2.75) is 30.1 Å². The Hall–Kier alpha value is -2.74. The highest BCUT2D eigenvalue weighted by Gasteiger charge is 2.30. The van der Waals surface area contributed by atoms with E-state index < -0.39 is 10.0 Å². The van der Waals surface area contributed by atoms with Gasteiger partial charge in [-0.15, -0.1) is 0 Å². The summed E-state index contributed by atoms with van der Waals surface area (Å²) in [7, 11) is -2.06. The van der Waals surface area contributed by atoms with Crippen LogP contribution in [0.4, 0.5) is 5.69 Å². The normalized spacial score (nSPS) is 15.7. The van der Waals surface area contributed by atoms with Gasteiger partial charge in [0, 0.05) is 41.5 Å². The Kier molecular flexibility index (Phi) is 6.56. The first kappa shape index (κ1) is 23.4. The summed E-state index contributed by atoms with van der Waals surface area (Å²) in [5.41, 5.74) is 1.86. The van der Waals surface area contributed by atoms with Crippen molar-refractivity contribution < 1.29 is 22.5 Å². The summed E-state index contributed by atoms with van der Waals surface area (Å²) in [5, 5.41) is 0.344. The maximum Gasteiger partial charge on any atom is 0.261 e. The largest absolute Gasteiger partial charge is 0.381 e. The molecule has 0 spiro atoms. The number of ketones is 1. The Labute approximate surface area is 199 Å². The summed E-state index contributed by atoms with van der Waals surface area (Å²) in [6.07, 6.45) is 5.29. The van der Waals surface area contributed by atoms with Crippen LogP contribution in [-0.4, -0.2) is 27.4 Å². The van der Waals surface area contributed by atoms with Crippen LogP contribution in [0.3, 0.4) is 0 Å². The van der Waals surface area contributed by atoms with Crippen LogP contribution < -0.4 is 9.29 Å². The number of hydrogen-bond acceptors (Lipinski definition) is 4. The van der Waals surface area contributed by atoms with E-state index in [0.717, 1.165) is 18.4 Å². The first-order valence-corrected chi connectivity index (χ1v) is 12.5. The van der Waals surface area contributed by atoms with Gasteiger partial charge >= 0.3 is 0 Å². The molecule has 3 aromatic rings. The van der Waals surface area contributed by atoms with E-state index in [1.807, 2.05) is 23.7 Å². The smallest absolute Gasteiger partial charge is 0.261 e. The van der Waals surface area contributed by atoms with Crippen LogP contribution >= 0.6 is 11.6 Å². The number of hydrogen-bond donors (Lipinski definition) is 1. The Morgan fingerprint density at radius 3 is 2.30 bits per heavy atom. The molecule has 4 rings (SSSR count). The lowest BCUT2D eigenvalue weighted by molar-refractivity contribution is -0.671. The van der Waals surface area contributed by atoms with Gasteiger partial charge in [-0.3, -0.25) is 9.52 Å². The van der Waals surface area contributed by atoms with Crippen LogP contribution in [0.25, 0.3) is 0 Å². The predicted octanol–water partition coefficient (Wildman–Crippen LogP) is 4.26. The fourth-order valence-electron chi connectivity index (χ4n) is 3.95. The molecule has 0 amide bonds. The topological polar surface area (TPSA) is 76.4 Å². The highest BCUT2D eigenvalue weighted by atomic mass is 35.5. The van der Waals surface area contributed by atoms with Gasteiger partial charge in [-0.2, -0.15) is 0 Å². The number of aryl methyl sites for hydroxylation is 1. The Balaban J connectivity index is 1.62. The summed E-state index contributed by atoms with van der Waals surface area (Å²) in [5.74, 6) is -0.321. The van der Waals surface area contributed by atoms with Gasteiger partial charge < -0.3 is 4.74 Å². The molecule has 6 nitrogen and oxygen atoms in total. The summed E-state index contributed by atoms with van der Waals surface area (Å²) >= 11 is 6.12. The third-order valence-electron chi connectivity index (χ3n) is 6.17. The molecule has 0 unspecified atom stereocenters. The fraction of sp³-hybridized carbons (Fsp3) is 0.280. The second-order valence-electron chi connectivity index (χ2n) is 8.57. The molecule has 1 N–H and O–H groups in total. The molecule has 0 atom stereocenters. The molecule has 172 valence electrons. The standard InChI is InChI=1S/C25H25ClN2O4S/c1-25(11-15-32-16-12-25)19-3-6-21(7-4-19)33(30,31)27-23-8-5-20(26)17-22(23)24(29)18-9-13-28(2)14-10-18/h3-10,13-14,17H,11-12,15-16H2,1-2H3/p+1. The van der Waals surface area contributed by atoms with Crippen LogP contribution in [-0.2, 0) is 27.2 Å². The number of carbonyl (C=O) groups is 1. The van der Waals surface area contributed by atoms with Crippen molar-refractivity contribution in [2.75, 3.05) is 17.9 Å². The van der Waals surface area contributed by atoms with Gasteiger partial charge in [-0.1, -0.05) is 30.7 Å². The minimum atomic E-state index is -3.91. The van der Waals surface area contributed by atoms with E-state index in [4.69, 9.17) is 16.3 Å². The molecule has 0 saturated carbocycles. The highest BCUT2D eigenvalue weighted by molar-refractivity contribution is 7.92. The number of rotatable bonds is 6. The van der Waals surface area contributed by atoms with Crippen molar-refractivity contribution in [3.63, 3.8) is 0 Å². The molecule has 33 heavy (non-hydrogen) atoms. The van der Waals surface area contributed by atoms with E-state index in [1.165, 1.54) is 12.1 Å². The zero-order valence-electron chi connectivity index (χ0n) is 18.5. The van der Waals surface area contributed by atoms with Crippen molar-refractivity contribution in [1.82, 2.24) is 0 Å². The first-order valence-electron chi connectivity index (χ1n) is 10.7. The number of pyridine rings is 1. The second-order valence-corrected chi connectivity index (χ2v) is 10.7. The highest BCUT2D eigenvalue weighted by Crippen LogP contribution is 2.35. The Bertz CT molecular complexity index is 1270. The lowest BCUT2D eigenvalue weighted by Gasteiger charge is -2.34. The minimum absolute atomic E-state index is 0.0317. The van der Waals surface area contributed by atoms with Crippen molar-refractivity contribution in [3.05, 3.63) is 88.7 Å². The summed E-state index contributed by atoms with van der Waals surface area (Å²) in [6, 6.07) is 14.8. The van der Waals surface area contributed by atoms with Gasteiger partial charge in [-0.05, 0) is 54.2 Å². The maximum absolute atomic E-state index is 13.1. The third-order valence-corrected chi connectivity index (χ3v) is 7.79. The van der Waals surface area contributed by atoms with Crippen LogP contribution in [0.2, 0.25) is 5.02 Å². The molecule has 8 heteroatoms. The van der Waals surface area contributed by atoms with Gasteiger partial charge in [-0.25, -0.2) is 13.0 Å². The van der Waals surface area contributed by atoms with E-state index in [0.29, 0.717) is 23.8 Å². The van der Waals surface area contributed by atoms with E-state index >= 15 is 0 Å². The maximum atomic E-state index is 13.1. The average molecular weight is 486 g/mol. The van der Waals surface area contributed by atoms with Gasteiger partial charge in [0.1, 0.15) is 7.05 Å². The van der Waals surface area contributed by atoms with Crippen LogP contribution in [0.1, 0.15) is 41.3 Å². The first-order chi connectivity index (χ1) is 15.7. The molecular weight excluding hydrogens is 460 g/mol. The molecule has 1 aliphatic rings. The van der Waals surface area contributed by atoms with E-state index in [-0.39, 0.29) is 27.3 Å². The lowest BCUT2D eigenvalue weighted by atomic mass is 9.76. The van der Waals surface area contributed by atoms with Gasteiger partial charge in [0.25, 0.3) is 10.0 Å². The van der Waals surface area contributed by atoms with Crippen molar-refractivity contribution in [2.24, 2.45) is 7.05 Å². The number of ether oxygens (including phenoxy) is 1. The van der Waals surface area contributed by atoms with Gasteiger partial charge in [0.2, 0.25) is 0 Å². The molecule has 0 radical (unpaired) electrons. The van der Waals surface area contributed by atoms with Crippen molar-refractivity contribution in [3.8, 4) is 0 Å². The zero-order valence-corrected chi connectivity index (χ0v) is 20.1. The second kappa shape index (κ2) is 9.25. The summed E-state index contributed by atoms with van der Waals surface area (Å²) in [4.78, 5) is 13.2. The molecule has 1 fully saturated rings. The molecule has 2 heterocycles. The number of anilines is 1. The molecule has 0 bridgehead atoms. The molecule has 1 aliphatic heterocycles. The fourth-order valence-corrected chi connectivity index (χ4v) is 5.20. The predicted molar refractivity (Wildman–Crippen MR) is 127 cm³/mol. The number of carbonyl (C=O) groups excluding carboxylic acids is 1. The van der Waals surface area contributed by atoms with E-state index in [1.54, 1.807) is 42.7 Å². The van der Waals surface area contributed by atoms with Crippen molar-refractivity contribution >= 4 is 33.1 Å². The summed E-state index contributed by atoms with van der Waals surface area (Å²) < 4.78 is 36.1. The number of nitrogens with zero attached hydrogens (tertiary/aromatic N) is 1. The van der Waals surface area contributed by atoms with E-state index in [2.05, 4.69) is 11.6 Å². The molecular formula is C25H26ClN2O4S+. The van der Waals surface area contributed by atoms with Crippen molar-refractivity contribution in [1.29, 1.82) is 0 Å². The molecule has 0 aliphatic carbocycles.